The normalized spacial score (nSPS) is 20.5. The molecule has 21 heavy (non-hydrogen) atoms. The van der Waals surface area contributed by atoms with Crippen molar-refractivity contribution in [2.75, 3.05) is 0 Å². The summed E-state index contributed by atoms with van der Waals surface area (Å²) in [5.74, 6) is 0. The van der Waals surface area contributed by atoms with Crippen LogP contribution in [-0.2, 0) is 16.6 Å². The molecule has 2 N–H and O–H groups in total. The van der Waals surface area contributed by atoms with Gasteiger partial charge >= 0.3 is 0 Å². The summed E-state index contributed by atoms with van der Waals surface area (Å²) in [5.41, 5.74) is 1.71. The lowest BCUT2D eigenvalue weighted by atomic mass is 10.1. The van der Waals surface area contributed by atoms with Crippen LogP contribution in [-0.4, -0.2) is 20.0 Å². The second-order valence-electron chi connectivity index (χ2n) is 6.55. The van der Waals surface area contributed by atoms with Crippen molar-refractivity contribution < 1.29 is 8.42 Å². The SMILES string of the molecule is Cc1cc(CNC2CC2)cc(S(=O)(=O)NC2(C)CC2)c1Br. The summed E-state index contributed by atoms with van der Waals surface area (Å²) in [6, 6.07) is 4.43. The number of aryl methyl sites for hydroxylation is 1. The van der Waals surface area contributed by atoms with Gasteiger partial charge in [-0.25, -0.2) is 13.1 Å². The van der Waals surface area contributed by atoms with Crippen LogP contribution in [0.2, 0.25) is 0 Å². The van der Waals surface area contributed by atoms with Gasteiger partial charge in [0.25, 0.3) is 0 Å². The van der Waals surface area contributed by atoms with E-state index in [0.29, 0.717) is 15.4 Å². The van der Waals surface area contributed by atoms with E-state index in [2.05, 4.69) is 26.0 Å². The van der Waals surface area contributed by atoms with Crippen molar-refractivity contribution in [3.63, 3.8) is 0 Å². The Morgan fingerprint density at radius 1 is 1.33 bits per heavy atom. The molecule has 0 bridgehead atoms. The van der Waals surface area contributed by atoms with Gasteiger partial charge in [-0.05, 0) is 72.7 Å². The van der Waals surface area contributed by atoms with Crippen LogP contribution in [0.15, 0.2) is 21.5 Å². The van der Waals surface area contributed by atoms with Gasteiger partial charge in [0, 0.05) is 22.6 Å². The Labute approximate surface area is 134 Å². The largest absolute Gasteiger partial charge is 0.310 e. The summed E-state index contributed by atoms with van der Waals surface area (Å²) < 4.78 is 28.7. The highest BCUT2D eigenvalue weighted by Gasteiger charge is 2.41. The van der Waals surface area contributed by atoms with E-state index >= 15 is 0 Å². The summed E-state index contributed by atoms with van der Waals surface area (Å²) in [4.78, 5) is 0.350. The number of sulfonamides is 1. The summed E-state index contributed by atoms with van der Waals surface area (Å²) >= 11 is 3.43. The lowest BCUT2D eigenvalue weighted by Crippen LogP contribution is -2.34. The van der Waals surface area contributed by atoms with Gasteiger partial charge in [0.1, 0.15) is 0 Å². The Bertz CT molecular complexity index is 664. The lowest BCUT2D eigenvalue weighted by Gasteiger charge is -2.16. The minimum Gasteiger partial charge on any atom is -0.310 e. The van der Waals surface area contributed by atoms with Gasteiger partial charge in [-0.2, -0.15) is 0 Å². The number of benzene rings is 1. The zero-order valence-electron chi connectivity index (χ0n) is 12.4. The molecule has 0 saturated heterocycles. The summed E-state index contributed by atoms with van der Waals surface area (Å²) in [7, 11) is -3.48. The molecule has 2 fully saturated rings. The smallest absolute Gasteiger partial charge is 0.242 e. The maximum absolute atomic E-state index is 12.6. The molecule has 2 aliphatic rings. The van der Waals surface area contributed by atoms with Crippen molar-refractivity contribution in [1.82, 2.24) is 10.0 Å². The molecule has 2 saturated carbocycles. The van der Waals surface area contributed by atoms with E-state index in [1.807, 2.05) is 19.9 Å². The van der Waals surface area contributed by atoms with Gasteiger partial charge < -0.3 is 5.32 Å². The highest BCUT2D eigenvalue weighted by molar-refractivity contribution is 9.10. The fraction of sp³-hybridized carbons (Fsp3) is 0.600. The van der Waals surface area contributed by atoms with Crippen molar-refractivity contribution in [1.29, 1.82) is 0 Å². The van der Waals surface area contributed by atoms with Gasteiger partial charge in [0.2, 0.25) is 10.0 Å². The molecule has 4 nitrogen and oxygen atoms in total. The van der Waals surface area contributed by atoms with Crippen LogP contribution < -0.4 is 10.0 Å². The van der Waals surface area contributed by atoms with Crippen molar-refractivity contribution in [2.45, 2.75) is 62.6 Å². The Hall–Kier alpha value is -0.430. The van der Waals surface area contributed by atoms with Gasteiger partial charge in [-0.1, -0.05) is 6.07 Å². The average Bonchev–Trinajstić information content (AvgIpc) is 3.28. The quantitative estimate of drug-likeness (QED) is 0.806. The minimum absolute atomic E-state index is 0.256. The van der Waals surface area contributed by atoms with Crippen LogP contribution in [0.1, 0.15) is 43.7 Å². The van der Waals surface area contributed by atoms with E-state index in [1.54, 1.807) is 6.07 Å². The Kier molecular flexibility index (Phi) is 3.93. The standard InChI is InChI=1S/C15H21BrN2O2S/c1-10-7-11(9-17-12-3-4-12)8-13(14(10)16)21(19,20)18-15(2)5-6-15/h7-8,12,17-18H,3-6,9H2,1-2H3. The lowest BCUT2D eigenvalue weighted by molar-refractivity contribution is 0.557. The van der Waals surface area contributed by atoms with Crippen LogP contribution in [0.25, 0.3) is 0 Å². The number of hydrogen-bond donors (Lipinski definition) is 2. The third-order valence-electron chi connectivity index (χ3n) is 4.12. The number of hydrogen-bond acceptors (Lipinski definition) is 3. The fourth-order valence-electron chi connectivity index (χ4n) is 2.33. The first kappa shape index (κ1) is 15.5. The topological polar surface area (TPSA) is 58.2 Å². The third kappa shape index (κ3) is 3.67. The van der Waals surface area contributed by atoms with Crippen molar-refractivity contribution in [3.8, 4) is 0 Å². The van der Waals surface area contributed by atoms with Gasteiger partial charge in [-0.3, -0.25) is 0 Å². The first-order valence-corrected chi connectivity index (χ1v) is 9.63. The summed E-state index contributed by atoms with van der Waals surface area (Å²) in [6.45, 7) is 4.60. The highest BCUT2D eigenvalue weighted by Crippen LogP contribution is 2.37. The van der Waals surface area contributed by atoms with E-state index < -0.39 is 10.0 Å². The van der Waals surface area contributed by atoms with E-state index in [-0.39, 0.29) is 5.54 Å². The molecule has 0 radical (unpaired) electrons. The number of nitrogens with one attached hydrogen (secondary N) is 2. The number of rotatable bonds is 6. The molecule has 6 heteroatoms. The van der Waals surface area contributed by atoms with Crippen LogP contribution in [0.4, 0.5) is 0 Å². The maximum atomic E-state index is 12.6. The van der Waals surface area contributed by atoms with Crippen LogP contribution in [0.5, 0.6) is 0 Å². The molecule has 1 aromatic rings. The number of halogens is 1. The molecule has 3 rings (SSSR count). The zero-order chi connectivity index (χ0) is 15.3. The molecule has 0 amide bonds. The molecule has 0 aromatic heterocycles. The molecule has 0 spiro atoms. The minimum atomic E-state index is -3.48. The van der Waals surface area contributed by atoms with Crippen LogP contribution >= 0.6 is 15.9 Å². The van der Waals surface area contributed by atoms with E-state index in [9.17, 15) is 8.42 Å². The second-order valence-corrected chi connectivity index (χ2v) is 8.99. The Balaban J connectivity index is 1.88. The van der Waals surface area contributed by atoms with Gasteiger partial charge in [-0.15, -0.1) is 0 Å². The third-order valence-corrected chi connectivity index (χ3v) is 7.10. The molecule has 0 heterocycles. The van der Waals surface area contributed by atoms with E-state index in [4.69, 9.17) is 0 Å². The van der Waals surface area contributed by atoms with E-state index in [0.717, 1.165) is 30.5 Å². The molecule has 116 valence electrons. The van der Waals surface area contributed by atoms with Crippen molar-refractivity contribution in [3.05, 3.63) is 27.7 Å². The molecule has 0 atom stereocenters. The monoisotopic (exact) mass is 372 g/mol. The van der Waals surface area contributed by atoms with E-state index in [1.165, 1.54) is 12.8 Å². The first-order chi connectivity index (χ1) is 9.79. The second kappa shape index (κ2) is 5.33. The Morgan fingerprint density at radius 2 is 2.00 bits per heavy atom. The molecule has 0 unspecified atom stereocenters. The van der Waals surface area contributed by atoms with Crippen molar-refractivity contribution >= 4 is 26.0 Å². The van der Waals surface area contributed by atoms with Gasteiger partial charge in [0.05, 0.1) is 4.90 Å². The predicted octanol–water partition coefficient (Wildman–Crippen LogP) is 2.84. The van der Waals surface area contributed by atoms with Crippen molar-refractivity contribution in [2.24, 2.45) is 0 Å². The molecule has 0 aliphatic heterocycles. The highest BCUT2D eigenvalue weighted by atomic mass is 79.9. The first-order valence-electron chi connectivity index (χ1n) is 7.35. The maximum Gasteiger partial charge on any atom is 0.242 e. The predicted molar refractivity (Wildman–Crippen MR) is 86.7 cm³/mol. The van der Waals surface area contributed by atoms with Gasteiger partial charge in [0.15, 0.2) is 0 Å². The molecular formula is C15H21BrN2O2S. The summed E-state index contributed by atoms with van der Waals surface area (Å²) in [5, 5.41) is 3.43. The fourth-order valence-corrected chi connectivity index (χ4v) is 4.86. The zero-order valence-corrected chi connectivity index (χ0v) is 14.8. The summed E-state index contributed by atoms with van der Waals surface area (Å²) in [6.07, 6.45) is 4.26. The molecular weight excluding hydrogens is 352 g/mol. The Morgan fingerprint density at radius 3 is 2.57 bits per heavy atom. The van der Waals surface area contributed by atoms with Crippen LogP contribution in [0.3, 0.4) is 0 Å². The van der Waals surface area contributed by atoms with Crippen LogP contribution in [0, 0.1) is 6.92 Å². The molecule has 2 aliphatic carbocycles. The molecule has 1 aromatic carbocycles. The average molecular weight is 373 g/mol.